The van der Waals surface area contributed by atoms with Crippen molar-refractivity contribution < 1.29 is 23.4 Å². The molecule has 0 aliphatic carbocycles. The van der Waals surface area contributed by atoms with Gasteiger partial charge in [-0.25, -0.2) is 5.41 Å². The van der Waals surface area contributed by atoms with E-state index < -0.39 is 13.0 Å². The van der Waals surface area contributed by atoms with Crippen LogP contribution in [-0.4, -0.2) is 18.5 Å². The first-order chi connectivity index (χ1) is 11.4. The summed E-state index contributed by atoms with van der Waals surface area (Å²) in [4.78, 5) is 0.473. The van der Waals surface area contributed by atoms with Crippen LogP contribution in [0.2, 0.25) is 0 Å². The van der Waals surface area contributed by atoms with Gasteiger partial charge in [-0.1, -0.05) is 20.8 Å². The fourth-order valence-corrected chi connectivity index (χ4v) is 5.61. The minimum Gasteiger partial charge on any atom is -0.407 e. The van der Waals surface area contributed by atoms with Gasteiger partial charge in [0.05, 0.1) is 17.1 Å². The van der Waals surface area contributed by atoms with Crippen molar-refractivity contribution in [1.29, 1.82) is 5.26 Å². The third-order valence-electron chi connectivity index (χ3n) is 3.08. The lowest BCUT2D eigenvalue weighted by atomic mass is 9.90. The second-order valence-corrected chi connectivity index (χ2v) is 9.90. The minimum atomic E-state index is -3.78. The van der Waals surface area contributed by atoms with E-state index in [2.05, 4.69) is 6.07 Å². The normalized spacial score (nSPS) is 12.7. The Morgan fingerprint density at radius 3 is 2.00 bits per heavy atom. The van der Waals surface area contributed by atoms with Crippen molar-refractivity contribution in [2.45, 2.75) is 71.0 Å². The molecule has 8 heteroatoms. The Bertz CT molecular complexity index is 759. The van der Waals surface area contributed by atoms with Crippen LogP contribution < -0.4 is 16.3 Å². The number of hydrogen-bond donors (Lipinski definition) is 1. The molecular formula is C17H28N2O4PS+. The second-order valence-electron chi connectivity index (χ2n) is 7.22. The molecule has 0 radical (unpaired) electrons. The molecule has 1 aromatic heterocycles. The highest BCUT2D eigenvalue weighted by molar-refractivity contribution is 7.99. The molecule has 0 atom stereocenters. The topological polar surface area (TPSA) is 98.1 Å². The van der Waals surface area contributed by atoms with Crippen LogP contribution in [0.5, 0.6) is 0 Å². The molecule has 1 heterocycles. The summed E-state index contributed by atoms with van der Waals surface area (Å²) in [6, 6.07) is 2.17. The van der Waals surface area contributed by atoms with Gasteiger partial charge in [-0.2, -0.15) is 5.26 Å². The molecule has 25 heavy (non-hydrogen) atoms. The lowest BCUT2D eigenvalue weighted by Gasteiger charge is -2.25. The van der Waals surface area contributed by atoms with Gasteiger partial charge >= 0.3 is 13.1 Å². The van der Waals surface area contributed by atoms with Crippen molar-refractivity contribution in [3.05, 3.63) is 16.9 Å². The number of nitrogens with two attached hydrogens (primary N) is 1. The third-order valence-corrected chi connectivity index (χ3v) is 6.44. The van der Waals surface area contributed by atoms with E-state index in [0.717, 1.165) is 0 Å². The Hall–Kier alpha value is -1.06. The van der Waals surface area contributed by atoms with Gasteiger partial charge in [-0.3, -0.25) is 4.57 Å². The minimum absolute atomic E-state index is 0.0436. The average molecular weight is 387 g/mol. The number of thioether (sulfide) groups is 1. The van der Waals surface area contributed by atoms with Crippen molar-refractivity contribution in [3.8, 4) is 6.07 Å². The van der Waals surface area contributed by atoms with E-state index in [4.69, 9.17) is 18.9 Å². The molecule has 0 unspecified atom stereocenters. The molecule has 0 aliphatic heterocycles. The summed E-state index contributed by atoms with van der Waals surface area (Å²) in [5, 5.41) is 16.0. The zero-order valence-corrected chi connectivity index (χ0v) is 17.9. The second kappa shape index (κ2) is 8.09. The molecule has 0 saturated heterocycles. The highest BCUT2D eigenvalue weighted by atomic mass is 32.2. The van der Waals surface area contributed by atoms with Crippen molar-refractivity contribution in [1.82, 2.24) is 0 Å². The van der Waals surface area contributed by atoms with E-state index in [-0.39, 0.29) is 23.1 Å². The molecule has 6 nitrogen and oxygen atoms in total. The molecule has 2 N–H and O–H groups in total. The Balaban J connectivity index is 3.89. The van der Waals surface area contributed by atoms with Gasteiger partial charge in [-0.15, -0.1) is 11.8 Å². The van der Waals surface area contributed by atoms with E-state index in [0.29, 0.717) is 16.2 Å². The Kier molecular flexibility index (Phi) is 7.12. The van der Waals surface area contributed by atoms with Crippen LogP contribution in [0.1, 0.15) is 59.8 Å². The van der Waals surface area contributed by atoms with Gasteiger partial charge in [0, 0.05) is 5.41 Å². The molecule has 0 bridgehead atoms. The Labute approximate surface area is 154 Å². The zero-order chi connectivity index (χ0) is 19.6. The summed E-state index contributed by atoms with van der Waals surface area (Å²) < 4.78 is 30.6. The summed E-state index contributed by atoms with van der Waals surface area (Å²) in [7, 11) is -3.78. The van der Waals surface area contributed by atoms with Gasteiger partial charge in [0.15, 0.2) is 5.30 Å². The maximum absolute atomic E-state index is 13.6. The van der Waals surface area contributed by atoms with Crippen LogP contribution in [0.4, 0.5) is 0 Å². The van der Waals surface area contributed by atoms with Crippen LogP contribution in [0, 0.1) is 11.3 Å². The fraction of sp³-hybridized carbons (Fsp3) is 0.647. The van der Waals surface area contributed by atoms with Crippen molar-refractivity contribution in [3.63, 3.8) is 0 Å². The van der Waals surface area contributed by atoms with Crippen LogP contribution in [0.3, 0.4) is 0 Å². The average Bonchev–Trinajstić information content (AvgIpc) is 2.42. The quantitative estimate of drug-likeness (QED) is 0.595. The maximum Gasteiger partial charge on any atom is 0.381 e. The predicted octanol–water partition coefficient (Wildman–Crippen LogP) is 2.50. The van der Waals surface area contributed by atoms with Crippen LogP contribution in [-0.2, 0) is 19.0 Å². The van der Waals surface area contributed by atoms with Crippen LogP contribution >= 0.6 is 19.4 Å². The third kappa shape index (κ3) is 4.98. The van der Waals surface area contributed by atoms with E-state index in [1.165, 1.54) is 11.8 Å². The molecule has 0 amide bonds. The monoisotopic (exact) mass is 387 g/mol. The van der Waals surface area contributed by atoms with Crippen molar-refractivity contribution in [2.75, 3.05) is 6.26 Å². The maximum atomic E-state index is 13.6. The SMILES string of the molecule is CSc1c(C#N)c(C(C)(C)C)oc(=[NH2+])c1P(=O)(OC(C)C)OC(C)C. The molecule has 0 fully saturated rings. The standard InChI is InChI=1S/C17H27N2O4PS/c1-10(2)22-24(20,23-11(3)4)13-14(25-8)12(9-18)15(17(5,6)7)21-16(13)19/h10-11,19H,1-8H3/p+1. The Morgan fingerprint density at radius 1 is 1.20 bits per heavy atom. The van der Waals surface area contributed by atoms with E-state index in [1.54, 1.807) is 34.0 Å². The fourth-order valence-electron chi connectivity index (χ4n) is 2.32. The van der Waals surface area contributed by atoms with Gasteiger partial charge in [0.1, 0.15) is 17.4 Å². The smallest absolute Gasteiger partial charge is 0.381 e. The van der Waals surface area contributed by atoms with Crippen LogP contribution in [0.15, 0.2) is 9.31 Å². The Morgan fingerprint density at radius 2 is 1.68 bits per heavy atom. The van der Waals surface area contributed by atoms with Gasteiger partial charge in [-0.05, 0) is 34.0 Å². The predicted molar refractivity (Wildman–Crippen MR) is 98.6 cm³/mol. The van der Waals surface area contributed by atoms with Crippen molar-refractivity contribution >= 4 is 24.7 Å². The molecule has 1 aromatic rings. The summed E-state index contributed by atoms with van der Waals surface area (Å²) in [6.45, 7) is 12.8. The van der Waals surface area contributed by atoms with Gasteiger partial charge < -0.3 is 13.5 Å². The number of hydrogen-bond acceptors (Lipinski definition) is 6. The largest absolute Gasteiger partial charge is 0.407 e. The molecule has 140 valence electrons. The molecule has 0 aromatic carbocycles. The molecule has 0 spiro atoms. The van der Waals surface area contributed by atoms with Gasteiger partial charge in [0.2, 0.25) is 0 Å². The van der Waals surface area contributed by atoms with E-state index in [1.807, 2.05) is 20.8 Å². The first-order valence-electron chi connectivity index (χ1n) is 8.09. The molecule has 1 rings (SSSR count). The van der Waals surface area contributed by atoms with Gasteiger partial charge in [0.25, 0.3) is 0 Å². The van der Waals surface area contributed by atoms with Crippen molar-refractivity contribution in [2.24, 2.45) is 0 Å². The zero-order valence-electron chi connectivity index (χ0n) is 16.2. The number of rotatable bonds is 6. The molecular weight excluding hydrogens is 359 g/mol. The highest BCUT2D eigenvalue weighted by Gasteiger charge is 2.41. The molecule has 0 aliphatic rings. The first-order valence-corrected chi connectivity index (χ1v) is 10.9. The summed E-state index contributed by atoms with van der Waals surface area (Å²) in [5.74, 6) is 0.446. The van der Waals surface area contributed by atoms with E-state index in [9.17, 15) is 9.83 Å². The molecule has 0 saturated carbocycles. The summed E-state index contributed by atoms with van der Waals surface area (Å²) >= 11 is 1.28. The lowest BCUT2D eigenvalue weighted by molar-refractivity contribution is -0.198. The summed E-state index contributed by atoms with van der Waals surface area (Å²) in [5.41, 5.74) is -0.175. The number of nitriles is 1. The number of nitrogens with zero attached hydrogens (tertiary/aromatic N) is 1. The van der Waals surface area contributed by atoms with E-state index >= 15 is 0 Å². The summed E-state index contributed by atoms with van der Waals surface area (Å²) in [6.07, 6.45) is 1.08. The lowest BCUT2D eigenvalue weighted by Crippen LogP contribution is -2.54. The first kappa shape index (κ1) is 22.0. The van der Waals surface area contributed by atoms with Crippen LogP contribution in [0.25, 0.3) is 0 Å². The highest BCUT2D eigenvalue weighted by Crippen LogP contribution is 2.51.